The molecule has 0 heterocycles. The normalized spacial score (nSPS) is 27.8. The molecule has 0 aliphatic heterocycles. The van der Waals surface area contributed by atoms with Crippen molar-refractivity contribution in [1.82, 2.24) is 5.32 Å². The number of anilines is 1. The number of aliphatic hydroxyl groups is 2. The Balaban J connectivity index is 1.47. The molecule has 4 rings (SSSR count). The number of hydrogen-bond donors (Lipinski definition) is 4. The number of methoxy groups -OCH3 is 4. The highest BCUT2D eigenvalue weighted by atomic mass is 16.6. The molecular formula is C33H46N2O9. The number of ether oxygens (including phenoxy) is 5. The summed E-state index contributed by atoms with van der Waals surface area (Å²) in [5.74, 6) is 1.29. The van der Waals surface area contributed by atoms with E-state index < -0.39 is 29.1 Å². The smallest absolute Gasteiger partial charge is 0.411 e. The van der Waals surface area contributed by atoms with E-state index in [2.05, 4.69) is 17.6 Å². The van der Waals surface area contributed by atoms with Gasteiger partial charge in [-0.3, -0.25) is 10.1 Å². The predicted molar refractivity (Wildman–Crippen MR) is 164 cm³/mol. The highest BCUT2D eigenvalue weighted by Crippen LogP contribution is 2.61. The topological polar surface area (TPSA) is 145 Å². The average molecular weight is 615 g/mol. The summed E-state index contributed by atoms with van der Waals surface area (Å²) in [4.78, 5) is 26.3. The Morgan fingerprint density at radius 3 is 2.20 bits per heavy atom. The summed E-state index contributed by atoms with van der Waals surface area (Å²) in [7, 11) is 6.07. The van der Waals surface area contributed by atoms with E-state index in [1.54, 1.807) is 19.2 Å². The molecule has 0 aromatic heterocycles. The third kappa shape index (κ3) is 6.53. The van der Waals surface area contributed by atoms with Crippen LogP contribution in [-0.4, -0.2) is 69.5 Å². The van der Waals surface area contributed by atoms with Gasteiger partial charge in [-0.2, -0.15) is 0 Å². The standard InChI is InChI=1S/C33H46N2O9/c1-32-14-13-28(44-31(39)35-21-15-25(41-4)30(43-6)26(16-21)42-5)33(2,19-36)27(32)12-11-23(37)22(32)17-29(38)34-18-20-9-7-8-10-24(20)40-3/h7-10,15-16,22-23,27-28,36-37H,11-14,17-19H2,1-6H3,(H,34,38)(H,35,39)/t22-,23-,27+,28-,32+,33+/m1/s1. The molecule has 6 atom stereocenters. The number of aliphatic hydroxyl groups excluding tert-OH is 2. The highest BCUT2D eigenvalue weighted by molar-refractivity contribution is 5.86. The van der Waals surface area contributed by atoms with Crippen LogP contribution in [0, 0.1) is 22.7 Å². The Morgan fingerprint density at radius 2 is 1.59 bits per heavy atom. The van der Waals surface area contributed by atoms with Crippen LogP contribution in [0.1, 0.15) is 51.5 Å². The maximum atomic E-state index is 13.2. The molecule has 2 amide bonds. The summed E-state index contributed by atoms with van der Waals surface area (Å²) in [6, 6.07) is 10.7. The Hall–Kier alpha value is -3.70. The van der Waals surface area contributed by atoms with Crippen molar-refractivity contribution in [1.29, 1.82) is 0 Å². The van der Waals surface area contributed by atoms with Crippen molar-refractivity contribution in [2.24, 2.45) is 22.7 Å². The van der Waals surface area contributed by atoms with E-state index in [0.717, 1.165) is 5.56 Å². The fourth-order valence-electron chi connectivity index (χ4n) is 7.52. The molecule has 0 bridgehead atoms. The average Bonchev–Trinajstić information content (AvgIpc) is 3.02. The van der Waals surface area contributed by atoms with Crippen LogP contribution in [0.5, 0.6) is 23.0 Å². The van der Waals surface area contributed by atoms with E-state index >= 15 is 0 Å². The maximum absolute atomic E-state index is 13.2. The lowest BCUT2D eigenvalue weighted by Crippen LogP contribution is -2.61. The minimum atomic E-state index is -0.786. The zero-order valence-electron chi connectivity index (χ0n) is 26.5. The highest BCUT2D eigenvalue weighted by Gasteiger charge is 2.60. The SMILES string of the molecule is COc1ccccc1CNC(=O)C[C@@H]1[C@H](O)CC[C@@H]2[C@](C)(CO)[C@H](OC(=O)Nc3cc(OC)c(OC)c(OC)c3)CC[C@]21C. The molecule has 0 spiro atoms. The first-order valence-electron chi connectivity index (χ1n) is 15.0. The summed E-state index contributed by atoms with van der Waals surface area (Å²) in [6.45, 7) is 4.14. The number of rotatable bonds is 11. The first-order valence-corrected chi connectivity index (χ1v) is 15.0. The second-order valence-corrected chi connectivity index (χ2v) is 12.2. The van der Waals surface area contributed by atoms with Crippen LogP contribution in [0.25, 0.3) is 0 Å². The molecule has 11 nitrogen and oxygen atoms in total. The van der Waals surface area contributed by atoms with Gasteiger partial charge in [0.2, 0.25) is 11.7 Å². The van der Waals surface area contributed by atoms with Gasteiger partial charge in [0.1, 0.15) is 11.9 Å². The summed E-state index contributed by atoms with van der Waals surface area (Å²) < 4.78 is 27.5. The number of para-hydroxylation sites is 1. The van der Waals surface area contributed by atoms with Gasteiger partial charge in [-0.15, -0.1) is 0 Å². The van der Waals surface area contributed by atoms with Crippen LogP contribution < -0.4 is 29.6 Å². The van der Waals surface area contributed by atoms with Crippen molar-refractivity contribution >= 4 is 17.7 Å². The van der Waals surface area contributed by atoms with E-state index in [-0.39, 0.29) is 30.8 Å². The van der Waals surface area contributed by atoms with Gasteiger partial charge in [-0.05, 0) is 49.0 Å². The molecule has 2 saturated carbocycles. The first kappa shape index (κ1) is 33.2. The molecule has 2 aromatic rings. The van der Waals surface area contributed by atoms with E-state index in [4.69, 9.17) is 23.7 Å². The number of nitrogens with one attached hydrogen (secondary N) is 2. The fourth-order valence-corrected chi connectivity index (χ4v) is 7.52. The number of carbonyl (C=O) groups excluding carboxylic acids is 2. The monoisotopic (exact) mass is 614 g/mol. The first-order chi connectivity index (χ1) is 21.0. The molecule has 2 aliphatic carbocycles. The summed E-state index contributed by atoms with van der Waals surface area (Å²) >= 11 is 0. The van der Waals surface area contributed by atoms with E-state index in [1.807, 2.05) is 31.2 Å². The quantitative estimate of drug-likeness (QED) is 0.287. The zero-order chi connectivity index (χ0) is 32.1. The largest absolute Gasteiger partial charge is 0.496 e. The molecule has 242 valence electrons. The van der Waals surface area contributed by atoms with Crippen molar-refractivity contribution in [3.63, 3.8) is 0 Å². The number of carbonyl (C=O) groups is 2. The lowest BCUT2D eigenvalue weighted by Gasteiger charge is -2.60. The third-order valence-electron chi connectivity index (χ3n) is 9.91. The lowest BCUT2D eigenvalue weighted by atomic mass is 9.46. The van der Waals surface area contributed by atoms with Gasteiger partial charge in [0.25, 0.3) is 0 Å². The second kappa shape index (κ2) is 13.9. The predicted octanol–water partition coefficient (Wildman–Crippen LogP) is 4.53. The van der Waals surface area contributed by atoms with E-state index in [1.165, 1.54) is 21.3 Å². The number of benzene rings is 2. The van der Waals surface area contributed by atoms with Gasteiger partial charge in [0, 0.05) is 36.1 Å². The van der Waals surface area contributed by atoms with Crippen LogP contribution >= 0.6 is 0 Å². The molecular weight excluding hydrogens is 568 g/mol. The van der Waals surface area contributed by atoms with Crippen molar-refractivity contribution in [3.8, 4) is 23.0 Å². The number of amides is 2. The van der Waals surface area contributed by atoms with Crippen molar-refractivity contribution in [2.75, 3.05) is 40.4 Å². The van der Waals surface area contributed by atoms with Gasteiger partial charge in [0.05, 0.1) is 46.8 Å². The third-order valence-corrected chi connectivity index (χ3v) is 9.91. The Kier molecular flexibility index (Phi) is 10.5. The second-order valence-electron chi connectivity index (χ2n) is 12.2. The molecule has 44 heavy (non-hydrogen) atoms. The van der Waals surface area contributed by atoms with Gasteiger partial charge in [-0.1, -0.05) is 32.0 Å². The summed E-state index contributed by atoms with van der Waals surface area (Å²) in [6.07, 6.45) is 0.469. The molecule has 2 aromatic carbocycles. The van der Waals surface area contributed by atoms with Gasteiger partial charge in [0.15, 0.2) is 11.5 Å². The van der Waals surface area contributed by atoms with Crippen molar-refractivity contribution in [2.45, 2.75) is 64.7 Å². The van der Waals surface area contributed by atoms with Crippen LogP contribution in [0.4, 0.5) is 10.5 Å². The molecule has 0 radical (unpaired) electrons. The minimum Gasteiger partial charge on any atom is -0.496 e. The van der Waals surface area contributed by atoms with Crippen LogP contribution in [-0.2, 0) is 16.1 Å². The van der Waals surface area contributed by atoms with Crippen molar-refractivity contribution < 1.29 is 43.5 Å². The molecule has 0 unspecified atom stereocenters. The number of hydrogen-bond acceptors (Lipinski definition) is 9. The van der Waals surface area contributed by atoms with Crippen LogP contribution in [0.15, 0.2) is 36.4 Å². The maximum Gasteiger partial charge on any atom is 0.411 e. The minimum absolute atomic E-state index is 0.0943. The van der Waals surface area contributed by atoms with Crippen molar-refractivity contribution in [3.05, 3.63) is 42.0 Å². The Morgan fingerprint density at radius 1 is 0.932 bits per heavy atom. The lowest BCUT2D eigenvalue weighted by molar-refractivity contribution is -0.185. The molecule has 2 fully saturated rings. The molecule has 11 heteroatoms. The Labute approximate surface area is 259 Å². The Bertz CT molecular complexity index is 1290. The molecule has 4 N–H and O–H groups in total. The van der Waals surface area contributed by atoms with E-state index in [9.17, 15) is 19.8 Å². The molecule has 0 saturated heterocycles. The summed E-state index contributed by atoms with van der Waals surface area (Å²) in [5, 5.41) is 27.6. The van der Waals surface area contributed by atoms with Crippen LogP contribution in [0.2, 0.25) is 0 Å². The summed E-state index contributed by atoms with van der Waals surface area (Å²) in [5.41, 5.74) is 0.0263. The van der Waals surface area contributed by atoms with Gasteiger partial charge >= 0.3 is 6.09 Å². The van der Waals surface area contributed by atoms with Crippen LogP contribution in [0.3, 0.4) is 0 Å². The molecule has 2 aliphatic rings. The number of fused-ring (bicyclic) bond motifs is 1. The zero-order valence-corrected chi connectivity index (χ0v) is 26.5. The van der Waals surface area contributed by atoms with Gasteiger partial charge < -0.3 is 39.2 Å². The fraction of sp³-hybridized carbons (Fsp3) is 0.576. The van der Waals surface area contributed by atoms with Gasteiger partial charge in [-0.25, -0.2) is 4.79 Å². The van der Waals surface area contributed by atoms with E-state index in [0.29, 0.717) is 60.9 Å².